The van der Waals surface area contributed by atoms with E-state index in [1.807, 2.05) is 54.7 Å². The average Bonchev–Trinajstić information content (AvgIpc) is 3.17. The molecule has 2 N–H and O–H groups in total. The average molecular weight is 350 g/mol. The molecule has 3 aromatic rings. The topological polar surface area (TPSA) is 73.4 Å². The van der Waals surface area contributed by atoms with Gasteiger partial charge >= 0.3 is 0 Å². The van der Waals surface area contributed by atoms with Crippen molar-refractivity contribution in [1.82, 2.24) is 14.7 Å². The van der Waals surface area contributed by atoms with Crippen LogP contribution in [0.4, 0.5) is 0 Å². The molecule has 1 aromatic heterocycles. The SMILES string of the molecule is COc1ccc(CN(C)C(=O)c2ccccc2-n2cc(CN)cn2)cc1. The molecule has 0 saturated carbocycles. The molecule has 0 spiro atoms. The van der Waals surface area contributed by atoms with Gasteiger partial charge in [0.1, 0.15) is 5.75 Å². The number of ether oxygens (including phenoxy) is 1. The molecular weight excluding hydrogens is 328 g/mol. The van der Waals surface area contributed by atoms with Crippen LogP contribution in [0.3, 0.4) is 0 Å². The van der Waals surface area contributed by atoms with Crippen LogP contribution < -0.4 is 10.5 Å². The van der Waals surface area contributed by atoms with Crippen molar-refractivity contribution in [3.8, 4) is 11.4 Å². The third kappa shape index (κ3) is 3.75. The van der Waals surface area contributed by atoms with Gasteiger partial charge in [0, 0.05) is 31.9 Å². The van der Waals surface area contributed by atoms with Crippen LogP contribution in [0, 0.1) is 0 Å². The normalized spacial score (nSPS) is 10.6. The summed E-state index contributed by atoms with van der Waals surface area (Å²) in [5, 5.41) is 4.31. The first-order valence-corrected chi connectivity index (χ1v) is 8.33. The Morgan fingerprint density at radius 3 is 2.54 bits per heavy atom. The van der Waals surface area contributed by atoms with Crippen LogP contribution in [0.2, 0.25) is 0 Å². The molecule has 0 aliphatic heterocycles. The van der Waals surface area contributed by atoms with Gasteiger partial charge in [-0.25, -0.2) is 4.68 Å². The minimum absolute atomic E-state index is 0.0683. The summed E-state index contributed by atoms with van der Waals surface area (Å²) in [4.78, 5) is 14.7. The van der Waals surface area contributed by atoms with Gasteiger partial charge in [-0.2, -0.15) is 5.10 Å². The van der Waals surface area contributed by atoms with Gasteiger partial charge in [-0.1, -0.05) is 24.3 Å². The number of para-hydroxylation sites is 1. The van der Waals surface area contributed by atoms with E-state index in [1.54, 1.807) is 29.9 Å². The maximum absolute atomic E-state index is 13.0. The Hall–Kier alpha value is -3.12. The predicted molar refractivity (Wildman–Crippen MR) is 100 cm³/mol. The minimum atomic E-state index is -0.0683. The summed E-state index contributed by atoms with van der Waals surface area (Å²) in [6.45, 7) is 0.914. The number of rotatable bonds is 6. The number of carbonyl (C=O) groups excluding carboxylic acids is 1. The first-order chi connectivity index (χ1) is 12.6. The second-order valence-corrected chi connectivity index (χ2v) is 6.02. The molecular formula is C20H22N4O2. The Morgan fingerprint density at radius 2 is 1.88 bits per heavy atom. The van der Waals surface area contributed by atoms with E-state index in [0.29, 0.717) is 18.7 Å². The van der Waals surface area contributed by atoms with E-state index in [0.717, 1.165) is 22.6 Å². The minimum Gasteiger partial charge on any atom is -0.497 e. The van der Waals surface area contributed by atoms with Crippen molar-refractivity contribution < 1.29 is 9.53 Å². The third-order valence-corrected chi connectivity index (χ3v) is 4.18. The molecule has 134 valence electrons. The van der Waals surface area contributed by atoms with Gasteiger partial charge in [0.15, 0.2) is 0 Å². The summed E-state index contributed by atoms with van der Waals surface area (Å²) >= 11 is 0. The molecule has 0 radical (unpaired) electrons. The molecule has 0 atom stereocenters. The molecule has 1 heterocycles. The van der Waals surface area contributed by atoms with E-state index >= 15 is 0 Å². The Kier molecular flexibility index (Phi) is 5.34. The Bertz CT molecular complexity index is 887. The fourth-order valence-corrected chi connectivity index (χ4v) is 2.73. The highest BCUT2D eigenvalue weighted by Crippen LogP contribution is 2.18. The Labute approximate surface area is 152 Å². The van der Waals surface area contributed by atoms with Gasteiger partial charge in [-0.15, -0.1) is 0 Å². The largest absolute Gasteiger partial charge is 0.497 e. The molecule has 0 unspecified atom stereocenters. The summed E-state index contributed by atoms with van der Waals surface area (Å²) in [5.41, 5.74) is 8.93. The van der Waals surface area contributed by atoms with Crippen molar-refractivity contribution in [2.75, 3.05) is 14.2 Å². The van der Waals surface area contributed by atoms with Gasteiger partial charge in [-0.3, -0.25) is 4.79 Å². The molecule has 6 nitrogen and oxygen atoms in total. The van der Waals surface area contributed by atoms with Gasteiger partial charge in [0.2, 0.25) is 0 Å². The maximum Gasteiger partial charge on any atom is 0.256 e. The van der Waals surface area contributed by atoms with Crippen molar-refractivity contribution in [3.05, 3.63) is 77.6 Å². The van der Waals surface area contributed by atoms with Crippen LogP contribution in [0.15, 0.2) is 60.9 Å². The second kappa shape index (κ2) is 7.84. The zero-order valence-electron chi connectivity index (χ0n) is 14.9. The second-order valence-electron chi connectivity index (χ2n) is 6.02. The van der Waals surface area contributed by atoms with Crippen LogP contribution in [0.25, 0.3) is 5.69 Å². The number of hydrogen-bond donors (Lipinski definition) is 1. The van der Waals surface area contributed by atoms with Gasteiger partial charge in [0.25, 0.3) is 5.91 Å². The summed E-state index contributed by atoms with van der Waals surface area (Å²) in [6.07, 6.45) is 3.55. The first-order valence-electron chi connectivity index (χ1n) is 8.33. The van der Waals surface area contributed by atoms with Crippen LogP contribution in [-0.4, -0.2) is 34.7 Å². The van der Waals surface area contributed by atoms with E-state index in [4.69, 9.17) is 10.5 Å². The lowest BCUT2D eigenvalue weighted by Gasteiger charge is -2.19. The number of nitrogens with zero attached hydrogens (tertiary/aromatic N) is 3. The number of nitrogens with two attached hydrogens (primary N) is 1. The summed E-state index contributed by atoms with van der Waals surface area (Å²) < 4.78 is 6.86. The van der Waals surface area contributed by atoms with E-state index in [-0.39, 0.29) is 5.91 Å². The highest BCUT2D eigenvalue weighted by Gasteiger charge is 2.17. The van der Waals surface area contributed by atoms with Crippen molar-refractivity contribution in [3.63, 3.8) is 0 Å². The predicted octanol–water partition coefficient (Wildman–Crippen LogP) is 2.61. The Balaban J connectivity index is 1.82. The molecule has 2 aromatic carbocycles. The number of carbonyl (C=O) groups is 1. The molecule has 0 saturated heterocycles. The van der Waals surface area contributed by atoms with Crippen molar-refractivity contribution in [2.24, 2.45) is 5.73 Å². The fraction of sp³-hybridized carbons (Fsp3) is 0.200. The van der Waals surface area contributed by atoms with Crippen molar-refractivity contribution in [2.45, 2.75) is 13.1 Å². The van der Waals surface area contributed by atoms with Crippen LogP contribution in [-0.2, 0) is 13.1 Å². The highest BCUT2D eigenvalue weighted by molar-refractivity contribution is 5.97. The van der Waals surface area contributed by atoms with Gasteiger partial charge < -0.3 is 15.4 Å². The van der Waals surface area contributed by atoms with Gasteiger partial charge in [0.05, 0.1) is 24.6 Å². The van der Waals surface area contributed by atoms with Crippen LogP contribution in [0.5, 0.6) is 5.75 Å². The van der Waals surface area contributed by atoms with E-state index in [2.05, 4.69) is 5.10 Å². The summed E-state index contributed by atoms with van der Waals surface area (Å²) in [6, 6.07) is 15.1. The lowest BCUT2D eigenvalue weighted by atomic mass is 10.1. The van der Waals surface area contributed by atoms with E-state index in [1.165, 1.54) is 0 Å². The molecule has 0 bridgehead atoms. The maximum atomic E-state index is 13.0. The number of methoxy groups -OCH3 is 1. The lowest BCUT2D eigenvalue weighted by Crippen LogP contribution is -2.27. The van der Waals surface area contributed by atoms with Crippen molar-refractivity contribution in [1.29, 1.82) is 0 Å². The molecule has 26 heavy (non-hydrogen) atoms. The van der Waals surface area contributed by atoms with E-state index < -0.39 is 0 Å². The fourth-order valence-electron chi connectivity index (χ4n) is 2.73. The Morgan fingerprint density at radius 1 is 1.15 bits per heavy atom. The molecule has 0 fully saturated rings. The van der Waals surface area contributed by atoms with Crippen LogP contribution >= 0.6 is 0 Å². The molecule has 6 heteroatoms. The third-order valence-electron chi connectivity index (χ3n) is 4.18. The first kappa shape index (κ1) is 17.7. The number of amides is 1. The molecule has 1 amide bonds. The van der Waals surface area contributed by atoms with Gasteiger partial charge in [-0.05, 0) is 29.8 Å². The van der Waals surface area contributed by atoms with Crippen molar-refractivity contribution >= 4 is 5.91 Å². The summed E-state index contributed by atoms with van der Waals surface area (Å²) in [7, 11) is 3.42. The monoisotopic (exact) mass is 350 g/mol. The standard InChI is InChI=1S/C20H22N4O2/c1-23(13-15-7-9-17(26-2)10-8-15)20(25)18-5-3-4-6-19(18)24-14-16(11-21)12-22-24/h3-10,12,14H,11,13,21H2,1-2H3. The highest BCUT2D eigenvalue weighted by atomic mass is 16.5. The molecule has 3 rings (SSSR count). The number of hydrogen-bond acceptors (Lipinski definition) is 4. The lowest BCUT2D eigenvalue weighted by molar-refractivity contribution is 0.0785. The smallest absolute Gasteiger partial charge is 0.256 e. The number of aromatic nitrogens is 2. The number of benzene rings is 2. The quantitative estimate of drug-likeness (QED) is 0.742. The zero-order valence-corrected chi connectivity index (χ0v) is 14.9. The zero-order chi connectivity index (χ0) is 18.5. The van der Waals surface area contributed by atoms with Crippen LogP contribution in [0.1, 0.15) is 21.5 Å². The molecule has 0 aliphatic carbocycles. The molecule has 0 aliphatic rings. The van der Waals surface area contributed by atoms with E-state index in [9.17, 15) is 4.79 Å². The summed E-state index contributed by atoms with van der Waals surface area (Å²) in [5.74, 6) is 0.726.